The Labute approximate surface area is 181 Å². The van der Waals surface area contributed by atoms with Gasteiger partial charge in [0.15, 0.2) is 11.6 Å². The number of phenolic OH excluding ortho intramolecular Hbond substituents is 1. The van der Waals surface area contributed by atoms with Gasteiger partial charge in [0.2, 0.25) is 0 Å². The quantitative estimate of drug-likeness (QED) is 0.279. The topological polar surface area (TPSA) is 99.9 Å². The van der Waals surface area contributed by atoms with Crippen molar-refractivity contribution in [1.29, 1.82) is 0 Å². The molecule has 0 unspecified atom stereocenters. The van der Waals surface area contributed by atoms with Crippen LogP contribution in [0, 0.1) is 0 Å². The minimum Gasteiger partial charge on any atom is -0.506 e. The lowest BCUT2D eigenvalue weighted by atomic mass is 10.1. The van der Waals surface area contributed by atoms with Crippen molar-refractivity contribution in [3.05, 3.63) is 59.4 Å². The highest BCUT2D eigenvalue weighted by Crippen LogP contribution is 2.47. The first kappa shape index (κ1) is 19.9. The second-order valence-corrected chi connectivity index (χ2v) is 7.62. The monoisotopic (exact) mass is 440 g/mol. The van der Waals surface area contributed by atoms with Crippen LogP contribution in [0.5, 0.6) is 17.2 Å². The Kier molecular flexibility index (Phi) is 5.69. The van der Waals surface area contributed by atoms with Crippen molar-refractivity contribution in [3.63, 3.8) is 0 Å². The van der Waals surface area contributed by atoms with Crippen molar-refractivity contribution in [2.45, 2.75) is 6.92 Å². The number of aromatic nitrogens is 2. The molecule has 0 amide bonds. The van der Waals surface area contributed by atoms with Crippen molar-refractivity contribution >= 4 is 45.2 Å². The number of anilines is 1. The standard InChI is InChI=1S/C21H17ClN4O3S/c1-2-29-16-6-4-3-5-13(16)19-18(28)17-20(30-19)21(24-11-23-17)26-25-10-12-7-8-15(27)14(22)9-12/h3-11,27-28H,2H2,1H3,(H,23,24,26)/b25-10+. The third-order valence-corrected chi connectivity index (χ3v) is 5.75. The van der Waals surface area contributed by atoms with Gasteiger partial charge in [0.05, 0.1) is 22.7 Å². The van der Waals surface area contributed by atoms with Gasteiger partial charge in [-0.15, -0.1) is 11.3 Å². The summed E-state index contributed by atoms with van der Waals surface area (Å²) in [6.07, 6.45) is 2.92. The van der Waals surface area contributed by atoms with Gasteiger partial charge in [-0.25, -0.2) is 9.97 Å². The van der Waals surface area contributed by atoms with E-state index in [4.69, 9.17) is 16.3 Å². The molecule has 0 atom stereocenters. The molecule has 0 aliphatic rings. The second kappa shape index (κ2) is 8.56. The number of nitrogens with one attached hydrogen (secondary N) is 1. The fraction of sp³-hybridized carbons (Fsp3) is 0.0952. The molecule has 2 aromatic heterocycles. The maximum atomic E-state index is 10.8. The highest BCUT2D eigenvalue weighted by Gasteiger charge is 2.19. The zero-order valence-electron chi connectivity index (χ0n) is 15.8. The second-order valence-electron chi connectivity index (χ2n) is 6.19. The van der Waals surface area contributed by atoms with E-state index in [0.717, 1.165) is 5.56 Å². The number of benzene rings is 2. The molecule has 0 spiro atoms. The molecule has 0 saturated carbocycles. The van der Waals surface area contributed by atoms with Gasteiger partial charge in [-0.2, -0.15) is 5.10 Å². The summed E-state index contributed by atoms with van der Waals surface area (Å²) in [5, 5.41) is 24.7. The molecule has 0 bridgehead atoms. The number of nitrogens with zero attached hydrogens (tertiary/aromatic N) is 3. The van der Waals surface area contributed by atoms with Gasteiger partial charge >= 0.3 is 0 Å². The number of fused-ring (bicyclic) bond motifs is 1. The molecular formula is C21H17ClN4O3S. The number of aromatic hydroxyl groups is 2. The van der Waals surface area contributed by atoms with Gasteiger partial charge in [-0.05, 0) is 42.8 Å². The predicted molar refractivity (Wildman–Crippen MR) is 120 cm³/mol. The summed E-state index contributed by atoms with van der Waals surface area (Å²) in [5.41, 5.74) is 4.80. The first-order valence-electron chi connectivity index (χ1n) is 9.04. The Morgan fingerprint density at radius 3 is 2.83 bits per heavy atom. The number of halogens is 1. The van der Waals surface area contributed by atoms with Crippen LogP contribution in [0.15, 0.2) is 53.9 Å². The van der Waals surface area contributed by atoms with Gasteiger partial charge in [-0.3, -0.25) is 5.43 Å². The van der Waals surface area contributed by atoms with Crippen LogP contribution in [0.25, 0.3) is 20.7 Å². The van der Waals surface area contributed by atoms with E-state index in [1.165, 1.54) is 23.7 Å². The van der Waals surface area contributed by atoms with Crippen LogP contribution in [-0.2, 0) is 0 Å². The van der Waals surface area contributed by atoms with Gasteiger partial charge in [-0.1, -0.05) is 23.7 Å². The van der Waals surface area contributed by atoms with Crippen molar-refractivity contribution in [2.75, 3.05) is 12.0 Å². The molecule has 9 heteroatoms. The van der Waals surface area contributed by atoms with E-state index in [2.05, 4.69) is 20.5 Å². The number of ether oxygens (including phenoxy) is 1. The zero-order valence-corrected chi connectivity index (χ0v) is 17.4. The maximum absolute atomic E-state index is 10.8. The summed E-state index contributed by atoms with van der Waals surface area (Å²) in [7, 11) is 0. The molecule has 4 aromatic rings. The Hall–Kier alpha value is -3.36. The summed E-state index contributed by atoms with van der Waals surface area (Å²) in [6, 6.07) is 12.3. The van der Waals surface area contributed by atoms with Gasteiger partial charge in [0.1, 0.15) is 28.0 Å². The van der Waals surface area contributed by atoms with E-state index in [9.17, 15) is 10.2 Å². The van der Waals surface area contributed by atoms with Gasteiger partial charge in [0.25, 0.3) is 0 Å². The Morgan fingerprint density at radius 2 is 2.03 bits per heavy atom. The van der Waals surface area contributed by atoms with Crippen molar-refractivity contribution in [2.24, 2.45) is 5.10 Å². The average Bonchev–Trinajstić information content (AvgIpc) is 3.09. The number of rotatable bonds is 6. The highest BCUT2D eigenvalue weighted by atomic mass is 35.5. The Balaban J connectivity index is 1.68. The van der Waals surface area contributed by atoms with Crippen LogP contribution in [0.3, 0.4) is 0 Å². The maximum Gasteiger partial charge on any atom is 0.167 e. The van der Waals surface area contributed by atoms with E-state index in [-0.39, 0.29) is 16.5 Å². The predicted octanol–water partition coefficient (Wildman–Crippen LogP) is 5.27. The van der Waals surface area contributed by atoms with Crippen LogP contribution in [-0.4, -0.2) is 33.0 Å². The fourth-order valence-electron chi connectivity index (χ4n) is 2.87. The molecule has 152 valence electrons. The number of phenols is 1. The van der Waals surface area contributed by atoms with E-state index >= 15 is 0 Å². The Bertz CT molecular complexity index is 1240. The number of hydrogen-bond donors (Lipinski definition) is 3. The third-order valence-electron chi connectivity index (χ3n) is 4.23. The van der Waals surface area contributed by atoms with E-state index in [1.54, 1.807) is 18.3 Å². The summed E-state index contributed by atoms with van der Waals surface area (Å²) < 4.78 is 6.36. The number of hydrogen-bond acceptors (Lipinski definition) is 8. The first-order valence-corrected chi connectivity index (χ1v) is 10.2. The zero-order chi connectivity index (χ0) is 21.1. The molecule has 3 N–H and O–H groups in total. The molecule has 2 aromatic carbocycles. The molecule has 0 aliphatic carbocycles. The normalized spacial score (nSPS) is 11.3. The third kappa shape index (κ3) is 3.87. The smallest absolute Gasteiger partial charge is 0.167 e. The molecule has 0 radical (unpaired) electrons. The van der Waals surface area contributed by atoms with E-state index in [1.807, 2.05) is 31.2 Å². The van der Waals surface area contributed by atoms with Crippen LogP contribution in [0.4, 0.5) is 5.82 Å². The molecule has 0 saturated heterocycles. The highest BCUT2D eigenvalue weighted by molar-refractivity contribution is 7.23. The molecular weight excluding hydrogens is 424 g/mol. The summed E-state index contributed by atoms with van der Waals surface area (Å²) >= 11 is 7.26. The van der Waals surface area contributed by atoms with Crippen LogP contribution in [0.2, 0.25) is 5.02 Å². The van der Waals surface area contributed by atoms with Crippen LogP contribution in [0.1, 0.15) is 12.5 Å². The number of hydrazone groups is 1. The van der Waals surface area contributed by atoms with Crippen molar-refractivity contribution in [3.8, 4) is 27.7 Å². The van der Waals surface area contributed by atoms with Crippen LogP contribution >= 0.6 is 22.9 Å². The fourth-order valence-corrected chi connectivity index (χ4v) is 4.17. The van der Waals surface area contributed by atoms with Gasteiger partial charge < -0.3 is 14.9 Å². The van der Waals surface area contributed by atoms with Gasteiger partial charge in [0, 0.05) is 5.56 Å². The molecule has 0 aliphatic heterocycles. The molecule has 7 nitrogen and oxygen atoms in total. The molecule has 2 heterocycles. The van der Waals surface area contributed by atoms with E-state index < -0.39 is 0 Å². The largest absolute Gasteiger partial charge is 0.506 e. The molecule has 4 rings (SSSR count). The SMILES string of the molecule is CCOc1ccccc1-c1sc2c(N/N=C/c3ccc(O)c(Cl)c3)ncnc2c1O. The minimum absolute atomic E-state index is 0.00760. The summed E-state index contributed by atoms with van der Waals surface area (Å²) in [4.78, 5) is 9.11. The lowest BCUT2D eigenvalue weighted by molar-refractivity contribution is 0.341. The first-order chi connectivity index (χ1) is 14.6. The minimum atomic E-state index is 0.00760. The van der Waals surface area contributed by atoms with Crippen molar-refractivity contribution in [1.82, 2.24) is 9.97 Å². The number of thiophene rings is 1. The molecule has 30 heavy (non-hydrogen) atoms. The van der Waals surface area contributed by atoms with E-state index in [0.29, 0.717) is 38.8 Å². The lowest BCUT2D eigenvalue weighted by Crippen LogP contribution is -1.94. The average molecular weight is 441 g/mol. The summed E-state index contributed by atoms with van der Waals surface area (Å²) in [5.74, 6) is 1.23. The van der Waals surface area contributed by atoms with Crippen molar-refractivity contribution < 1.29 is 14.9 Å². The summed E-state index contributed by atoms with van der Waals surface area (Å²) in [6.45, 7) is 2.43. The lowest BCUT2D eigenvalue weighted by Gasteiger charge is -2.08. The molecule has 0 fully saturated rings. The van der Waals surface area contributed by atoms with Crippen LogP contribution < -0.4 is 10.2 Å². The number of para-hydroxylation sites is 1. The Morgan fingerprint density at radius 1 is 1.20 bits per heavy atom.